The topological polar surface area (TPSA) is 68.1 Å². The second-order valence-electron chi connectivity index (χ2n) is 3.82. The van der Waals surface area contributed by atoms with Gasteiger partial charge in [-0.25, -0.2) is 4.98 Å². The van der Waals surface area contributed by atoms with Gasteiger partial charge in [0.15, 0.2) is 0 Å². The zero-order valence-corrected chi connectivity index (χ0v) is 11.6. The van der Waals surface area contributed by atoms with Crippen molar-refractivity contribution in [3.05, 3.63) is 26.3 Å². The molecule has 0 bridgehead atoms. The summed E-state index contributed by atoms with van der Waals surface area (Å²) in [6.07, 6.45) is 4.81. The van der Waals surface area contributed by atoms with E-state index in [1.54, 1.807) is 13.1 Å². The SMILES string of the molecule is CCCCCNc1ncc(Br)c(C)c1[N+](=O)[O-]. The van der Waals surface area contributed by atoms with E-state index in [1.807, 2.05) is 0 Å². The number of nitrogens with one attached hydrogen (secondary N) is 1. The van der Waals surface area contributed by atoms with Crippen LogP contribution in [0.5, 0.6) is 0 Å². The monoisotopic (exact) mass is 301 g/mol. The van der Waals surface area contributed by atoms with Gasteiger partial charge in [-0.15, -0.1) is 0 Å². The van der Waals surface area contributed by atoms with Crippen molar-refractivity contribution in [2.45, 2.75) is 33.1 Å². The molecule has 1 heterocycles. The first-order chi connectivity index (χ1) is 8.07. The lowest BCUT2D eigenvalue weighted by Gasteiger charge is -2.08. The minimum Gasteiger partial charge on any atom is -0.364 e. The molecule has 0 aliphatic rings. The Morgan fingerprint density at radius 1 is 1.53 bits per heavy atom. The smallest absolute Gasteiger partial charge is 0.315 e. The molecule has 1 aromatic heterocycles. The van der Waals surface area contributed by atoms with E-state index in [1.165, 1.54) is 0 Å². The lowest BCUT2D eigenvalue weighted by molar-refractivity contribution is -0.384. The Balaban J connectivity index is 2.84. The Morgan fingerprint density at radius 2 is 2.24 bits per heavy atom. The van der Waals surface area contributed by atoms with Crippen LogP contribution in [-0.2, 0) is 0 Å². The number of halogens is 1. The first-order valence-corrected chi connectivity index (χ1v) is 6.40. The summed E-state index contributed by atoms with van der Waals surface area (Å²) in [5, 5.41) is 14.0. The fraction of sp³-hybridized carbons (Fsp3) is 0.545. The molecule has 1 rings (SSSR count). The van der Waals surface area contributed by atoms with Gasteiger partial charge in [0.25, 0.3) is 0 Å². The second kappa shape index (κ2) is 6.54. The van der Waals surface area contributed by atoms with E-state index in [-0.39, 0.29) is 5.69 Å². The quantitative estimate of drug-likeness (QED) is 0.494. The van der Waals surface area contributed by atoms with E-state index in [9.17, 15) is 10.1 Å². The van der Waals surface area contributed by atoms with Crippen LogP contribution in [0.15, 0.2) is 10.7 Å². The molecule has 0 amide bonds. The van der Waals surface area contributed by atoms with Gasteiger partial charge in [0, 0.05) is 22.8 Å². The Kier molecular flexibility index (Phi) is 5.34. The third-order valence-electron chi connectivity index (χ3n) is 2.50. The molecule has 5 nitrogen and oxygen atoms in total. The van der Waals surface area contributed by atoms with Crippen molar-refractivity contribution in [3.63, 3.8) is 0 Å². The van der Waals surface area contributed by atoms with Crippen molar-refractivity contribution in [1.29, 1.82) is 0 Å². The molecule has 0 unspecified atom stereocenters. The van der Waals surface area contributed by atoms with Crippen LogP contribution < -0.4 is 5.32 Å². The Labute approximate surface area is 109 Å². The lowest BCUT2D eigenvalue weighted by Crippen LogP contribution is -2.07. The number of nitrogens with zero attached hydrogens (tertiary/aromatic N) is 2. The molecule has 0 saturated heterocycles. The van der Waals surface area contributed by atoms with Crippen LogP contribution in [0.2, 0.25) is 0 Å². The molecule has 0 aromatic carbocycles. The minimum absolute atomic E-state index is 0.0517. The van der Waals surface area contributed by atoms with Gasteiger partial charge in [0.05, 0.1) is 4.92 Å². The summed E-state index contributed by atoms with van der Waals surface area (Å²) in [6.45, 7) is 4.54. The molecule has 0 fully saturated rings. The first-order valence-electron chi connectivity index (χ1n) is 5.61. The Bertz CT molecular complexity index is 410. The van der Waals surface area contributed by atoms with E-state index >= 15 is 0 Å². The largest absolute Gasteiger partial charge is 0.364 e. The summed E-state index contributed by atoms with van der Waals surface area (Å²) in [4.78, 5) is 14.7. The van der Waals surface area contributed by atoms with Crippen molar-refractivity contribution in [2.24, 2.45) is 0 Å². The highest BCUT2D eigenvalue weighted by Crippen LogP contribution is 2.31. The average Bonchev–Trinajstić information content (AvgIpc) is 2.28. The number of aromatic nitrogens is 1. The van der Waals surface area contributed by atoms with Crippen molar-refractivity contribution in [1.82, 2.24) is 4.98 Å². The van der Waals surface area contributed by atoms with Gasteiger partial charge in [0.2, 0.25) is 5.82 Å². The van der Waals surface area contributed by atoms with Crippen LogP contribution in [0.1, 0.15) is 31.7 Å². The maximum Gasteiger partial charge on any atom is 0.315 e. The summed E-state index contributed by atoms with van der Waals surface area (Å²) < 4.78 is 0.656. The third-order valence-corrected chi connectivity index (χ3v) is 3.30. The number of anilines is 1. The molecular formula is C11H16BrN3O2. The van der Waals surface area contributed by atoms with Gasteiger partial charge >= 0.3 is 5.69 Å². The Hall–Kier alpha value is -1.17. The zero-order chi connectivity index (χ0) is 12.8. The lowest BCUT2D eigenvalue weighted by atomic mass is 10.2. The van der Waals surface area contributed by atoms with E-state index in [2.05, 4.69) is 33.2 Å². The number of hydrogen-bond acceptors (Lipinski definition) is 4. The molecule has 0 aliphatic heterocycles. The van der Waals surface area contributed by atoms with Crippen molar-refractivity contribution >= 4 is 27.4 Å². The van der Waals surface area contributed by atoms with Gasteiger partial charge in [-0.2, -0.15) is 0 Å². The molecule has 17 heavy (non-hydrogen) atoms. The van der Waals surface area contributed by atoms with Gasteiger partial charge in [-0.3, -0.25) is 10.1 Å². The van der Waals surface area contributed by atoms with Gasteiger partial charge < -0.3 is 5.32 Å². The van der Waals surface area contributed by atoms with Crippen LogP contribution in [0.3, 0.4) is 0 Å². The molecule has 0 atom stereocenters. The minimum atomic E-state index is -0.394. The van der Waals surface area contributed by atoms with Crippen molar-refractivity contribution in [3.8, 4) is 0 Å². The number of hydrogen-bond donors (Lipinski definition) is 1. The number of unbranched alkanes of at least 4 members (excludes halogenated alkanes) is 2. The summed E-state index contributed by atoms with van der Waals surface area (Å²) >= 11 is 3.25. The summed E-state index contributed by atoms with van der Waals surface area (Å²) in [5.41, 5.74) is 0.652. The molecule has 0 radical (unpaired) electrons. The highest BCUT2D eigenvalue weighted by Gasteiger charge is 2.20. The molecule has 0 aliphatic carbocycles. The predicted octanol–water partition coefficient (Wildman–Crippen LogP) is 3.66. The van der Waals surface area contributed by atoms with Crippen LogP contribution >= 0.6 is 15.9 Å². The molecule has 94 valence electrons. The molecule has 0 spiro atoms. The van der Waals surface area contributed by atoms with Crippen LogP contribution in [0.25, 0.3) is 0 Å². The van der Waals surface area contributed by atoms with Gasteiger partial charge in [0.1, 0.15) is 0 Å². The number of nitro groups is 1. The zero-order valence-electron chi connectivity index (χ0n) is 9.99. The predicted molar refractivity (Wildman–Crippen MR) is 71.3 cm³/mol. The van der Waals surface area contributed by atoms with E-state index in [4.69, 9.17) is 0 Å². The molecule has 6 heteroatoms. The molecule has 0 saturated carbocycles. The summed E-state index contributed by atoms with van der Waals surface area (Å²) in [7, 11) is 0. The molecule has 1 aromatic rings. The summed E-state index contributed by atoms with van der Waals surface area (Å²) in [6, 6.07) is 0. The maximum atomic E-state index is 11.0. The standard InChI is InChI=1S/C11H16BrN3O2/c1-3-4-5-6-13-11-10(15(16)17)8(2)9(12)7-14-11/h7H,3-6H2,1-2H3,(H,13,14). The average molecular weight is 302 g/mol. The molecule has 1 N–H and O–H groups in total. The third kappa shape index (κ3) is 3.66. The second-order valence-corrected chi connectivity index (χ2v) is 4.67. The maximum absolute atomic E-state index is 11.0. The van der Waals surface area contributed by atoms with Crippen LogP contribution in [0.4, 0.5) is 11.5 Å². The van der Waals surface area contributed by atoms with E-state index in [0.29, 0.717) is 22.4 Å². The van der Waals surface area contributed by atoms with E-state index < -0.39 is 4.92 Å². The fourth-order valence-corrected chi connectivity index (χ4v) is 1.79. The van der Waals surface area contributed by atoms with Crippen LogP contribution in [0, 0.1) is 17.0 Å². The Morgan fingerprint density at radius 3 is 2.82 bits per heavy atom. The number of rotatable bonds is 6. The van der Waals surface area contributed by atoms with E-state index in [0.717, 1.165) is 19.3 Å². The molecular weight excluding hydrogens is 286 g/mol. The van der Waals surface area contributed by atoms with Crippen molar-refractivity contribution in [2.75, 3.05) is 11.9 Å². The highest BCUT2D eigenvalue weighted by atomic mass is 79.9. The highest BCUT2D eigenvalue weighted by molar-refractivity contribution is 9.10. The summed E-state index contributed by atoms with van der Waals surface area (Å²) in [5.74, 6) is 0.354. The first kappa shape index (κ1) is 13.9. The normalized spacial score (nSPS) is 10.3. The number of pyridine rings is 1. The van der Waals surface area contributed by atoms with Crippen LogP contribution in [-0.4, -0.2) is 16.5 Å². The fourth-order valence-electron chi connectivity index (χ4n) is 1.50. The van der Waals surface area contributed by atoms with Gasteiger partial charge in [-0.1, -0.05) is 19.8 Å². The van der Waals surface area contributed by atoms with Gasteiger partial charge in [-0.05, 0) is 29.3 Å². The van der Waals surface area contributed by atoms with Crippen molar-refractivity contribution < 1.29 is 4.92 Å².